The van der Waals surface area contributed by atoms with Crippen molar-refractivity contribution in [3.63, 3.8) is 0 Å². The Kier molecular flexibility index (Phi) is 38.5. The quantitative estimate of drug-likeness (QED) is 0.0128. The van der Waals surface area contributed by atoms with Crippen molar-refractivity contribution in [2.24, 2.45) is 65.3 Å². The molecule has 5 fully saturated rings. The summed E-state index contributed by atoms with van der Waals surface area (Å²) in [6.45, 7) is -2.55. The molecule has 10 rings (SSSR count). The lowest BCUT2D eigenvalue weighted by atomic mass is 9.78. The molecule has 5 aromatic rings. The van der Waals surface area contributed by atoms with Gasteiger partial charge < -0.3 is 138 Å². The van der Waals surface area contributed by atoms with Gasteiger partial charge in [-0.1, -0.05) is 44.2 Å². The first kappa shape index (κ1) is 109. The summed E-state index contributed by atoms with van der Waals surface area (Å²) < 4.78 is 144. The molecule has 722 valence electrons. The number of nitrogen functional groups attached to an aromatic ring is 5. The van der Waals surface area contributed by atoms with Crippen LogP contribution in [0.5, 0.6) is 0 Å². The number of para-hydroxylation sites is 2. The Labute approximate surface area is 750 Å². The van der Waals surface area contributed by atoms with E-state index in [0.29, 0.717) is 32.1 Å². The van der Waals surface area contributed by atoms with Gasteiger partial charge in [-0.15, -0.1) is 0 Å². The summed E-state index contributed by atoms with van der Waals surface area (Å²) in [5.74, 6) is -9.99. The van der Waals surface area contributed by atoms with Crippen LogP contribution in [-0.4, -0.2) is 317 Å². The van der Waals surface area contributed by atoms with E-state index in [1.54, 1.807) is 29.8 Å². The molecule has 0 spiro atoms. The lowest BCUT2D eigenvalue weighted by Crippen LogP contribution is -2.55. The van der Waals surface area contributed by atoms with Crippen LogP contribution in [0.2, 0.25) is 31.6 Å². The number of benzene rings is 1. The molecule has 9 heterocycles. The number of carboxylic acid groups (broad SMARTS) is 5. The van der Waals surface area contributed by atoms with Gasteiger partial charge in [-0.25, -0.2) is 9.97 Å². The number of nitrogens with one attached hydrogen (secondary N) is 5. The normalized spacial score (nSPS) is 23.8. The second-order valence-electron chi connectivity index (χ2n) is 32.0. The maximum atomic E-state index is 12.6. The van der Waals surface area contributed by atoms with Crippen molar-refractivity contribution >= 4 is 174 Å². The van der Waals surface area contributed by atoms with E-state index in [9.17, 15) is 91.6 Å². The summed E-state index contributed by atoms with van der Waals surface area (Å²) in [7, 11) is -26.3. The summed E-state index contributed by atoms with van der Waals surface area (Å²) in [6.07, 6.45) is 11.4. The Balaban J connectivity index is 0.000000250. The third-order valence-corrected chi connectivity index (χ3v) is 29.5. The molecule has 0 radical (unpaired) electrons. The summed E-state index contributed by atoms with van der Waals surface area (Å²) >= 11 is 0. The van der Waals surface area contributed by atoms with E-state index in [0.717, 1.165) is 21.5 Å². The maximum absolute atomic E-state index is 12.6. The standard InChI is InChI=1S/C14H23BN4O6S.C13H24BN5O6S.3C13H22BN5O6S/c16-11-5-1-2-6-12(11)18-26(24,25)19-8-10(4-3-7-15(22)23)14(17,9-19)13(20)21;1-18-6-10(15)11(7-18)17-26(24,25)19-5-9(3-2-4-14(22)23)13(16,8-19)12(20)21;15-11-10(4-2-6-17-11)18-26(24,25)19-7-9(3-1-5-14(22)23)13(16,8-19)12(20)21;15-10-4-2-6-17-11(10)18-26(24,25)19-7-9(3-1-5-14(22)23)13(16,8-19)12(20)21;15-10-3-5-17-6-11(10)18-26(24,25)19-7-9(2-1-4-14(22)23)13(16,8-19)12(20)21/h1-2,5-6,10,18,22-23H,3-4,7-9,16-17H2,(H,20,21);6-7,9,17,22-23H,2-5,8,15-16H2,1H3,(H,20,21);2,4,6,9,18,22-23H,1,3,5,7-8,16H2,(H2,15,17)(H,20,21);2,4,6,9,22-23H,1,3,5,7-8,15-16H2,(H,17,18)(H,20,21);3,5-6,9,18,22-23H,1-2,4,7-8,16H2,(H2,15,17)(H,20,21)/t10-,14-;4*9-,13-/m00000/s1. The second-order valence-corrected chi connectivity index (χ2v) is 40.3. The smallest absolute Gasteiger partial charge is 0.451 e. The molecule has 0 aliphatic carbocycles. The highest BCUT2D eigenvalue weighted by Crippen LogP contribution is 2.39. The lowest BCUT2D eigenvalue weighted by molar-refractivity contribution is -0.145. The fourth-order valence-corrected chi connectivity index (χ4v) is 21.5. The van der Waals surface area contributed by atoms with Crippen molar-refractivity contribution in [1.29, 1.82) is 0 Å². The third-order valence-electron chi connectivity index (χ3n) is 22.4. The highest BCUT2D eigenvalue weighted by molar-refractivity contribution is 7.91. The van der Waals surface area contributed by atoms with Crippen molar-refractivity contribution in [3.05, 3.63) is 91.8 Å². The number of aryl methyl sites for hydroxylation is 1. The van der Waals surface area contributed by atoms with E-state index in [1.807, 2.05) is 0 Å². The van der Waals surface area contributed by atoms with Gasteiger partial charge in [-0.3, -0.25) is 52.6 Å². The van der Waals surface area contributed by atoms with E-state index < -0.39 is 206 Å². The SMILES string of the molecule is Cn1cc(N)c(NS(=O)(=O)N2C[C@H](CCCB(O)O)[C@](N)(C(=O)O)C2)c1.Nc1ccccc1NS(=O)(=O)N1C[C@H](CCCB(O)O)[C@](N)(C(=O)O)C1.Nc1cccnc1NS(=O)(=O)N1C[C@H](CCCB(O)O)[C@](N)(C(=O)O)C1.Nc1ccncc1NS(=O)(=O)N1C[C@H](CCCB(O)O)[C@](N)(C(=O)O)C1.Nc1ncccc1NS(=O)(=O)N1C[C@H](CCCB(O)O)[C@](N)(C(=O)O)C1. The average molecular weight is 1940 g/mol. The van der Waals surface area contributed by atoms with Crippen LogP contribution in [0.4, 0.5) is 57.1 Å². The predicted octanol–water partition coefficient (Wildman–Crippen LogP) is -8.01. The number of nitrogens with zero attached hydrogens (tertiary/aromatic N) is 9. The fraction of sp³-hybridized carbons (Fsp3) is 0.545. The summed E-state index contributed by atoms with van der Waals surface area (Å²) in [4.78, 5) is 69.5. The Bertz CT molecular complexity index is 4790. The van der Waals surface area contributed by atoms with Crippen molar-refractivity contribution in [1.82, 2.24) is 41.0 Å². The molecule has 4 aromatic heterocycles. The third kappa shape index (κ3) is 29.3. The number of hydrogen-bond donors (Lipinski definition) is 30. The number of pyridine rings is 3. The van der Waals surface area contributed by atoms with Gasteiger partial charge >= 0.3 is 116 Å². The minimum Gasteiger partial charge on any atom is -0.480 e. The zero-order valence-electron chi connectivity index (χ0n) is 70.3. The molecular formula is C66H113B5N24O30S5. The summed E-state index contributed by atoms with van der Waals surface area (Å²) in [5, 5.41) is 137. The van der Waals surface area contributed by atoms with Crippen LogP contribution >= 0.6 is 0 Å². The molecule has 54 nitrogen and oxygen atoms in total. The van der Waals surface area contributed by atoms with Crippen LogP contribution in [0, 0.1) is 29.6 Å². The van der Waals surface area contributed by atoms with Crippen LogP contribution in [0.15, 0.2) is 91.8 Å². The molecule has 5 aliphatic rings. The van der Waals surface area contributed by atoms with Gasteiger partial charge in [0.15, 0.2) is 5.82 Å². The molecule has 40 N–H and O–H groups in total. The molecule has 130 heavy (non-hydrogen) atoms. The van der Waals surface area contributed by atoms with Crippen molar-refractivity contribution in [3.8, 4) is 0 Å². The number of rotatable bonds is 40. The lowest BCUT2D eigenvalue weighted by Gasteiger charge is -2.25. The van der Waals surface area contributed by atoms with Gasteiger partial charge in [0.2, 0.25) is 0 Å². The van der Waals surface area contributed by atoms with Crippen LogP contribution in [0.1, 0.15) is 64.2 Å². The van der Waals surface area contributed by atoms with Crippen LogP contribution < -0.4 is 80.9 Å². The van der Waals surface area contributed by atoms with E-state index in [-0.39, 0.29) is 154 Å². The summed E-state index contributed by atoms with van der Waals surface area (Å²) in [6, 6.07) is 13.7. The number of aromatic nitrogens is 4. The first-order valence-electron chi connectivity index (χ1n) is 39.9. The van der Waals surface area contributed by atoms with Gasteiger partial charge in [0.1, 0.15) is 33.5 Å². The molecule has 0 amide bonds. The van der Waals surface area contributed by atoms with Crippen molar-refractivity contribution in [2.45, 2.75) is 124 Å². The highest BCUT2D eigenvalue weighted by Gasteiger charge is 2.58. The average Bonchev–Trinajstić information content (AvgIpc) is 1.65. The number of carboxylic acids is 5. The highest BCUT2D eigenvalue weighted by atomic mass is 32.2. The van der Waals surface area contributed by atoms with Crippen LogP contribution in [-0.2, 0) is 82.1 Å². The fourth-order valence-electron chi connectivity index (χ4n) is 14.9. The molecule has 0 unspecified atom stereocenters. The molecular weight excluding hydrogens is 1820 g/mol. The minimum atomic E-state index is -4.12. The van der Waals surface area contributed by atoms with E-state index in [1.165, 1.54) is 73.6 Å². The van der Waals surface area contributed by atoms with Gasteiger partial charge in [0.25, 0.3) is 0 Å². The topological polar surface area (TPSA) is 940 Å². The van der Waals surface area contributed by atoms with Gasteiger partial charge in [-0.05, 0) is 106 Å². The monoisotopic (exact) mass is 1940 g/mol. The number of anilines is 10. The zero-order valence-corrected chi connectivity index (χ0v) is 74.4. The minimum absolute atomic E-state index is 0.0130. The largest absolute Gasteiger partial charge is 0.480 e. The van der Waals surface area contributed by atoms with Gasteiger partial charge in [-0.2, -0.15) is 63.6 Å². The van der Waals surface area contributed by atoms with E-state index in [2.05, 4.69) is 38.6 Å². The maximum Gasteiger partial charge on any atom is 0.451 e. The molecule has 0 saturated carbocycles. The number of carbonyl (C=O) groups is 5. The molecule has 5 aliphatic heterocycles. The van der Waals surface area contributed by atoms with Crippen molar-refractivity contribution in [2.75, 3.05) is 118 Å². The zero-order chi connectivity index (χ0) is 97.8. The van der Waals surface area contributed by atoms with E-state index >= 15 is 0 Å². The predicted molar refractivity (Wildman–Crippen MR) is 479 cm³/mol. The Morgan fingerprint density at radius 3 is 0.931 bits per heavy atom. The number of aliphatic carboxylic acids is 5. The first-order chi connectivity index (χ1) is 60.2. The molecule has 10 atom stereocenters. The number of nitrogens with two attached hydrogens (primary N) is 10. The van der Waals surface area contributed by atoms with Crippen molar-refractivity contribution < 1.29 is 142 Å². The molecule has 0 bridgehead atoms. The molecule has 64 heteroatoms. The van der Waals surface area contributed by atoms with Gasteiger partial charge in [0, 0.05) is 133 Å². The Morgan fingerprint density at radius 2 is 0.638 bits per heavy atom. The van der Waals surface area contributed by atoms with Gasteiger partial charge in [0.05, 0.1) is 51.7 Å². The molecule has 1 aromatic carbocycles. The Morgan fingerprint density at radius 1 is 0.362 bits per heavy atom. The molecule has 5 saturated heterocycles. The first-order valence-corrected chi connectivity index (χ1v) is 47.1. The van der Waals surface area contributed by atoms with Crippen LogP contribution in [0.3, 0.4) is 0 Å². The second kappa shape index (κ2) is 45.8. The van der Waals surface area contributed by atoms with Crippen LogP contribution in [0.25, 0.3) is 0 Å². The van der Waals surface area contributed by atoms with E-state index in [4.69, 9.17) is 108 Å². The summed E-state index contributed by atoms with van der Waals surface area (Å²) in [5.41, 5.74) is 50.9. The number of hydrogen-bond acceptors (Lipinski definition) is 38. The Hall–Kier alpha value is -9.43.